The molecule has 2 aromatic carbocycles. The normalized spacial score (nSPS) is 16.0. The smallest absolute Gasteiger partial charge is 0.346 e. The molecule has 33 heavy (non-hydrogen) atoms. The lowest BCUT2D eigenvalue weighted by Gasteiger charge is -2.24. The van der Waals surface area contributed by atoms with Gasteiger partial charge < -0.3 is 24.1 Å². The summed E-state index contributed by atoms with van der Waals surface area (Å²) in [6.45, 7) is 6.18. The molecule has 7 nitrogen and oxygen atoms in total. The summed E-state index contributed by atoms with van der Waals surface area (Å²) < 4.78 is 22.8. The van der Waals surface area contributed by atoms with Gasteiger partial charge in [-0.3, -0.25) is 0 Å². The number of hydrogen-bond donors (Lipinski definition) is 1. The monoisotopic (exact) mass is 454 g/mol. The van der Waals surface area contributed by atoms with Gasteiger partial charge in [0.05, 0.1) is 19.8 Å². The number of cyclic esters (lactones) is 1. The average Bonchev–Trinajstić information content (AvgIpc) is 3.59. The SMILES string of the molecule is COc1c(C(O)CC(C)C)ccc2c1C(=O)OCc1cc(C)cc(C(=O)OCC3CC3)c1O2. The van der Waals surface area contributed by atoms with Crippen molar-refractivity contribution in [2.75, 3.05) is 13.7 Å². The molecule has 1 saturated carbocycles. The summed E-state index contributed by atoms with van der Waals surface area (Å²) in [7, 11) is 1.44. The van der Waals surface area contributed by atoms with E-state index in [0.717, 1.165) is 18.4 Å². The Morgan fingerprint density at radius 1 is 1.24 bits per heavy atom. The summed E-state index contributed by atoms with van der Waals surface area (Å²) in [5.41, 5.74) is 2.27. The molecule has 2 aromatic rings. The van der Waals surface area contributed by atoms with E-state index < -0.39 is 18.0 Å². The number of ether oxygens (including phenoxy) is 4. The van der Waals surface area contributed by atoms with Crippen LogP contribution in [0.25, 0.3) is 0 Å². The zero-order valence-electron chi connectivity index (χ0n) is 19.5. The number of hydrogen-bond acceptors (Lipinski definition) is 7. The second-order valence-corrected chi connectivity index (χ2v) is 9.23. The molecule has 2 aliphatic rings. The number of benzene rings is 2. The molecule has 1 atom stereocenters. The highest BCUT2D eigenvalue weighted by atomic mass is 16.6. The van der Waals surface area contributed by atoms with E-state index in [4.69, 9.17) is 18.9 Å². The van der Waals surface area contributed by atoms with Gasteiger partial charge in [-0.05, 0) is 67.9 Å². The molecule has 176 valence electrons. The standard InChI is InChI=1S/C26H30O7/c1-14(2)9-20(27)18-7-8-21-22(24(18)30-4)26(29)32-13-17-10-15(3)11-19(23(17)33-21)25(28)31-12-16-5-6-16/h7-8,10-11,14,16,20,27H,5-6,9,12-13H2,1-4H3. The van der Waals surface area contributed by atoms with Gasteiger partial charge in [0.15, 0.2) is 0 Å². The van der Waals surface area contributed by atoms with Gasteiger partial charge in [-0.2, -0.15) is 0 Å². The summed E-state index contributed by atoms with van der Waals surface area (Å²) in [6, 6.07) is 6.82. The van der Waals surface area contributed by atoms with Gasteiger partial charge in [0.25, 0.3) is 0 Å². The number of carbonyl (C=O) groups is 2. The Morgan fingerprint density at radius 2 is 2.00 bits per heavy atom. The van der Waals surface area contributed by atoms with Gasteiger partial charge in [-0.25, -0.2) is 9.59 Å². The maximum Gasteiger partial charge on any atom is 0.346 e. The molecule has 4 rings (SSSR count). The Balaban J connectivity index is 1.76. The Bertz CT molecular complexity index is 1070. The van der Waals surface area contributed by atoms with Gasteiger partial charge in [-0.15, -0.1) is 0 Å². The number of aliphatic hydroxyl groups excluding tert-OH is 1. The number of esters is 2. The fourth-order valence-electron chi connectivity index (χ4n) is 4.02. The molecule has 0 bridgehead atoms. The van der Waals surface area contributed by atoms with Crippen LogP contribution in [0.4, 0.5) is 0 Å². The molecule has 1 aliphatic heterocycles. The van der Waals surface area contributed by atoms with Crippen LogP contribution in [0.15, 0.2) is 24.3 Å². The topological polar surface area (TPSA) is 91.3 Å². The number of carbonyl (C=O) groups excluding carboxylic acids is 2. The van der Waals surface area contributed by atoms with E-state index in [1.165, 1.54) is 7.11 Å². The van der Waals surface area contributed by atoms with Gasteiger partial charge in [0.2, 0.25) is 0 Å². The molecule has 0 saturated heterocycles. The first-order chi connectivity index (χ1) is 15.8. The summed E-state index contributed by atoms with van der Waals surface area (Å²) in [4.78, 5) is 25.9. The molecule has 1 heterocycles. The van der Waals surface area contributed by atoms with Crippen molar-refractivity contribution in [1.29, 1.82) is 0 Å². The van der Waals surface area contributed by atoms with Crippen LogP contribution in [0.5, 0.6) is 17.2 Å². The fourth-order valence-corrected chi connectivity index (χ4v) is 4.02. The first-order valence-corrected chi connectivity index (χ1v) is 11.3. The van der Waals surface area contributed by atoms with Gasteiger partial charge in [0.1, 0.15) is 35.0 Å². The van der Waals surface area contributed by atoms with Crippen LogP contribution in [0.1, 0.15) is 76.6 Å². The Labute approximate surface area is 193 Å². The molecule has 0 aromatic heterocycles. The van der Waals surface area contributed by atoms with Crippen LogP contribution in [0.3, 0.4) is 0 Å². The Kier molecular flexibility index (Phi) is 6.61. The van der Waals surface area contributed by atoms with Gasteiger partial charge in [-0.1, -0.05) is 13.8 Å². The van der Waals surface area contributed by atoms with Crippen LogP contribution < -0.4 is 9.47 Å². The summed E-state index contributed by atoms with van der Waals surface area (Å²) in [5, 5.41) is 10.7. The third kappa shape index (κ3) is 4.98. The van der Waals surface area contributed by atoms with E-state index in [1.54, 1.807) is 18.2 Å². The second kappa shape index (κ2) is 9.43. The minimum absolute atomic E-state index is 0.0693. The Hall–Kier alpha value is -3.06. The number of aryl methyl sites for hydroxylation is 1. The third-order valence-electron chi connectivity index (χ3n) is 5.86. The van der Waals surface area contributed by atoms with Crippen molar-refractivity contribution < 1.29 is 33.6 Å². The molecule has 0 spiro atoms. The van der Waals surface area contributed by atoms with E-state index in [1.807, 2.05) is 26.8 Å². The minimum atomic E-state index is -0.814. The summed E-state index contributed by atoms with van der Waals surface area (Å²) >= 11 is 0. The number of fused-ring (bicyclic) bond motifs is 2. The zero-order chi connectivity index (χ0) is 23.7. The van der Waals surface area contributed by atoms with Crippen LogP contribution in [-0.2, 0) is 16.1 Å². The molecule has 7 heteroatoms. The lowest BCUT2D eigenvalue weighted by atomic mass is 9.96. The van der Waals surface area contributed by atoms with Crippen molar-refractivity contribution in [1.82, 2.24) is 0 Å². The number of methoxy groups -OCH3 is 1. The largest absolute Gasteiger partial charge is 0.495 e. The quantitative estimate of drug-likeness (QED) is 0.581. The van der Waals surface area contributed by atoms with E-state index >= 15 is 0 Å². The first-order valence-electron chi connectivity index (χ1n) is 11.3. The van der Waals surface area contributed by atoms with Crippen molar-refractivity contribution >= 4 is 11.9 Å². The molecule has 1 fully saturated rings. The molecule has 1 aliphatic carbocycles. The van der Waals surface area contributed by atoms with E-state index in [0.29, 0.717) is 35.8 Å². The highest BCUT2D eigenvalue weighted by molar-refractivity contribution is 5.98. The lowest BCUT2D eigenvalue weighted by molar-refractivity contribution is 0.0453. The van der Waals surface area contributed by atoms with Crippen LogP contribution in [-0.4, -0.2) is 30.8 Å². The van der Waals surface area contributed by atoms with Crippen molar-refractivity contribution in [2.24, 2.45) is 11.8 Å². The van der Waals surface area contributed by atoms with E-state index in [-0.39, 0.29) is 35.2 Å². The van der Waals surface area contributed by atoms with E-state index in [9.17, 15) is 14.7 Å². The van der Waals surface area contributed by atoms with Crippen molar-refractivity contribution in [2.45, 2.75) is 52.7 Å². The third-order valence-corrected chi connectivity index (χ3v) is 5.86. The minimum Gasteiger partial charge on any atom is -0.495 e. The second-order valence-electron chi connectivity index (χ2n) is 9.23. The maximum atomic E-state index is 13.0. The van der Waals surface area contributed by atoms with Crippen molar-refractivity contribution in [3.8, 4) is 17.2 Å². The number of aliphatic hydroxyl groups is 1. The molecule has 1 N–H and O–H groups in total. The predicted octanol–water partition coefficient (Wildman–Crippen LogP) is 5.11. The fraction of sp³-hybridized carbons (Fsp3) is 0.462. The van der Waals surface area contributed by atoms with Crippen molar-refractivity contribution in [3.05, 3.63) is 52.1 Å². The molecule has 0 radical (unpaired) electrons. The maximum absolute atomic E-state index is 13.0. The van der Waals surface area contributed by atoms with Gasteiger partial charge >= 0.3 is 11.9 Å². The molecular formula is C26H30O7. The molecular weight excluding hydrogens is 424 g/mol. The number of rotatable bonds is 7. The average molecular weight is 455 g/mol. The summed E-state index contributed by atoms with van der Waals surface area (Å²) in [5.74, 6) is 0.291. The van der Waals surface area contributed by atoms with Crippen LogP contribution in [0, 0.1) is 18.8 Å². The first kappa shape index (κ1) is 23.1. The molecule has 0 amide bonds. The lowest BCUT2D eigenvalue weighted by Crippen LogP contribution is -2.17. The Morgan fingerprint density at radius 3 is 2.67 bits per heavy atom. The van der Waals surface area contributed by atoms with E-state index in [2.05, 4.69) is 0 Å². The van der Waals surface area contributed by atoms with Crippen molar-refractivity contribution in [3.63, 3.8) is 0 Å². The predicted molar refractivity (Wildman–Crippen MR) is 121 cm³/mol. The molecule has 1 unspecified atom stereocenters. The zero-order valence-corrected chi connectivity index (χ0v) is 19.5. The highest BCUT2D eigenvalue weighted by Crippen LogP contribution is 2.43. The van der Waals surface area contributed by atoms with Gasteiger partial charge in [0, 0.05) is 11.1 Å². The van der Waals surface area contributed by atoms with Crippen LogP contribution in [0.2, 0.25) is 0 Å². The summed E-state index contributed by atoms with van der Waals surface area (Å²) in [6.07, 6.45) is 1.84. The van der Waals surface area contributed by atoms with Crippen LogP contribution >= 0.6 is 0 Å². The highest BCUT2D eigenvalue weighted by Gasteiger charge is 2.31.